The average Bonchev–Trinajstić information content (AvgIpc) is 3.38. The number of fused-ring (bicyclic) bond motifs is 2. The molecule has 0 aromatic heterocycles. The fourth-order valence-corrected chi connectivity index (χ4v) is 4.47. The minimum Gasteiger partial charge on any atom is -0.371 e. The molecule has 2 amide bonds. The van der Waals surface area contributed by atoms with E-state index in [1.54, 1.807) is 12.0 Å². The molecule has 1 aliphatic carbocycles. The number of nitrogens with zero attached hydrogens (tertiary/aromatic N) is 1. The monoisotopic (exact) mass is 372 g/mol. The summed E-state index contributed by atoms with van der Waals surface area (Å²) < 4.78 is 31.8. The normalized spacial score (nSPS) is 29.8. The van der Waals surface area contributed by atoms with E-state index in [2.05, 4.69) is 5.32 Å². The second kappa shape index (κ2) is 7.41. The highest BCUT2D eigenvalue weighted by Gasteiger charge is 2.49. The molecular formula is C19H30F2N2O3. The van der Waals surface area contributed by atoms with E-state index in [-0.39, 0.29) is 30.0 Å². The van der Waals surface area contributed by atoms with Crippen LogP contribution in [0.2, 0.25) is 0 Å². The van der Waals surface area contributed by atoms with Crippen molar-refractivity contribution >= 4 is 11.8 Å². The Morgan fingerprint density at radius 2 is 1.73 bits per heavy atom. The lowest BCUT2D eigenvalue weighted by Crippen LogP contribution is -2.54. The maximum absolute atomic E-state index is 13.3. The summed E-state index contributed by atoms with van der Waals surface area (Å²) in [5.74, 6) is 0.134. The molecule has 2 aliphatic heterocycles. The molecule has 3 fully saturated rings. The summed E-state index contributed by atoms with van der Waals surface area (Å²) in [5.41, 5.74) is -1.64. The molecule has 5 nitrogen and oxygen atoms in total. The average molecular weight is 372 g/mol. The third kappa shape index (κ3) is 3.73. The molecule has 1 N–H and O–H groups in total. The number of nitrogens with one attached hydrogen (secondary N) is 1. The van der Waals surface area contributed by atoms with Crippen LogP contribution in [0.5, 0.6) is 0 Å². The number of amides is 2. The van der Waals surface area contributed by atoms with Gasteiger partial charge in [-0.15, -0.1) is 0 Å². The van der Waals surface area contributed by atoms with Crippen molar-refractivity contribution in [2.45, 2.75) is 77.0 Å². The molecule has 148 valence electrons. The van der Waals surface area contributed by atoms with E-state index in [0.29, 0.717) is 12.5 Å². The SMILES string of the molecule is COC(C(=O)NCC1C[C@H]2CC[C@@H](C1)N2C(=O)C(C)(C)C(F)F)C1CC1. The Labute approximate surface area is 153 Å². The van der Waals surface area contributed by atoms with Gasteiger partial charge in [-0.25, -0.2) is 8.78 Å². The van der Waals surface area contributed by atoms with Gasteiger partial charge in [-0.2, -0.15) is 0 Å². The van der Waals surface area contributed by atoms with Crippen LogP contribution in [-0.4, -0.2) is 55.0 Å². The van der Waals surface area contributed by atoms with Crippen molar-refractivity contribution in [3.8, 4) is 0 Å². The van der Waals surface area contributed by atoms with Crippen molar-refractivity contribution < 1.29 is 23.1 Å². The van der Waals surface area contributed by atoms with E-state index in [0.717, 1.165) is 38.5 Å². The number of carbonyl (C=O) groups is 2. The molecule has 0 aromatic rings. The van der Waals surface area contributed by atoms with E-state index in [1.807, 2.05) is 0 Å². The number of ether oxygens (including phenoxy) is 1. The van der Waals surface area contributed by atoms with Crippen LogP contribution in [0.1, 0.15) is 52.4 Å². The fourth-order valence-electron chi connectivity index (χ4n) is 4.47. The largest absolute Gasteiger partial charge is 0.371 e. The Balaban J connectivity index is 1.55. The lowest BCUT2D eigenvalue weighted by atomic mass is 9.86. The molecule has 3 rings (SSSR count). The molecule has 2 unspecified atom stereocenters. The Bertz CT molecular complexity index is 537. The lowest BCUT2D eigenvalue weighted by molar-refractivity contribution is -0.154. The van der Waals surface area contributed by atoms with Gasteiger partial charge in [-0.3, -0.25) is 9.59 Å². The van der Waals surface area contributed by atoms with Crippen molar-refractivity contribution in [3.05, 3.63) is 0 Å². The minimum absolute atomic E-state index is 0.0165. The molecule has 7 heteroatoms. The lowest BCUT2D eigenvalue weighted by Gasteiger charge is -2.42. The highest BCUT2D eigenvalue weighted by Crippen LogP contribution is 2.42. The zero-order valence-corrected chi connectivity index (χ0v) is 15.8. The van der Waals surface area contributed by atoms with Crippen LogP contribution < -0.4 is 5.32 Å². The first-order valence-corrected chi connectivity index (χ1v) is 9.67. The van der Waals surface area contributed by atoms with E-state index >= 15 is 0 Å². The summed E-state index contributed by atoms with van der Waals surface area (Å²) in [6, 6.07) is 0.0330. The number of rotatable bonds is 7. The molecule has 1 saturated carbocycles. The van der Waals surface area contributed by atoms with Gasteiger partial charge in [0.05, 0.1) is 0 Å². The van der Waals surface area contributed by atoms with Gasteiger partial charge in [0.15, 0.2) is 0 Å². The van der Waals surface area contributed by atoms with Crippen LogP contribution in [0, 0.1) is 17.3 Å². The third-order valence-corrected chi connectivity index (χ3v) is 6.29. The van der Waals surface area contributed by atoms with Gasteiger partial charge in [0.2, 0.25) is 11.8 Å². The van der Waals surface area contributed by atoms with Crippen molar-refractivity contribution in [2.24, 2.45) is 17.3 Å². The molecule has 0 spiro atoms. The summed E-state index contributed by atoms with van der Waals surface area (Å²) in [6.07, 6.45) is 2.31. The van der Waals surface area contributed by atoms with Crippen LogP contribution in [0.4, 0.5) is 8.78 Å². The summed E-state index contributed by atoms with van der Waals surface area (Å²) in [7, 11) is 1.57. The third-order valence-electron chi connectivity index (χ3n) is 6.29. The van der Waals surface area contributed by atoms with Gasteiger partial charge in [-0.1, -0.05) is 0 Å². The molecule has 0 radical (unpaired) electrons. The van der Waals surface area contributed by atoms with Crippen LogP contribution in [-0.2, 0) is 14.3 Å². The van der Waals surface area contributed by atoms with Gasteiger partial charge in [0, 0.05) is 25.7 Å². The van der Waals surface area contributed by atoms with Gasteiger partial charge < -0.3 is 15.0 Å². The second-order valence-electron chi connectivity index (χ2n) is 8.70. The van der Waals surface area contributed by atoms with E-state index in [1.165, 1.54) is 13.8 Å². The van der Waals surface area contributed by atoms with Crippen LogP contribution in [0.3, 0.4) is 0 Å². The van der Waals surface area contributed by atoms with E-state index in [9.17, 15) is 18.4 Å². The zero-order valence-electron chi connectivity index (χ0n) is 15.8. The topological polar surface area (TPSA) is 58.6 Å². The van der Waals surface area contributed by atoms with Crippen molar-refractivity contribution in [2.75, 3.05) is 13.7 Å². The Morgan fingerprint density at radius 1 is 1.15 bits per heavy atom. The second-order valence-corrected chi connectivity index (χ2v) is 8.70. The molecule has 0 aromatic carbocycles. The van der Waals surface area contributed by atoms with Crippen molar-refractivity contribution in [1.29, 1.82) is 0 Å². The first-order valence-electron chi connectivity index (χ1n) is 9.67. The standard InChI is InChI=1S/C19H30F2N2O3/c1-19(2,17(20)21)18(25)23-13-6-7-14(23)9-11(8-13)10-22-16(24)15(26-3)12-4-5-12/h11-15,17H,4-10H2,1-3H3,(H,22,24)/t11?,13-,14+,15?. The number of methoxy groups -OCH3 is 1. The maximum Gasteiger partial charge on any atom is 0.252 e. The summed E-state index contributed by atoms with van der Waals surface area (Å²) in [6.45, 7) is 3.22. The molecule has 26 heavy (non-hydrogen) atoms. The number of hydrogen-bond donors (Lipinski definition) is 1. The van der Waals surface area contributed by atoms with Gasteiger partial charge in [-0.05, 0) is 64.2 Å². The highest BCUT2D eigenvalue weighted by molar-refractivity contribution is 5.83. The van der Waals surface area contributed by atoms with Crippen LogP contribution in [0.25, 0.3) is 0 Å². The smallest absolute Gasteiger partial charge is 0.252 e. The molecule has 3 aliphatic rings. The Morgan fingerprint density at radius 3 is 2.19 bits per heavy atom. The van der Waals surface area contributed by atoms with Gasteiger partial charge in [0.25, 0.3) is 6.43 Å². The van der Waals surface area contributed by atoms with E-state index < -0.39 is 17.7 Å². The fraction of sp³-hybridized carbons (Fsp3) is 0.895. The summed E-state index contributed by atoms with van der Waals surface area (Å²) in [4.78, 5) is 26.7. The molecule has 2 saturated heterocycles. The Hall–Kier alpha value is -1.24. The molecule has 2 heterocycles. The minimum atomic E-state index is -2.67. The molecular weight excluding hydrogens is 342 g/mol. The van der Waals surface area contributed by atoms with Gasteiger partial charge in [0.1, 0.15) is 11.5 Å². The first-order chi connectivity index (χ1) is 12.3. The Kier molecular flexibility index (Phi) is 5.56. The van der Waals surface area contributed by atoms with Crippen molar-refractivity contribution in [3.63, 3.8) is 0 Å². The number of halogens is 2. The summed E-state index contributed by atoms with van der Waals surface area (Å²) >= 11 is 0. The quantitative estimate of drug-likeness (QED) is 0.747. The van der Waals surface area contributed by atoms with E-state index in [4.69, 9.17) is 4.74 Å². The predicted octanol–water partition coefficient (Wildman–Crippen LogP) is 2.59. The molecule has 4 atom stereocenters. The first kappa shape index (κ1) is 19.5. The number of alkyl halides is 2. The molecule has 2 bridgehead atoms. The zero-order chi connectivity index (χ0) is 19.1. The number of hydrogen-bond acceptors (Lipinski definition) is 3. The summed E-state index contributed by atoms with van der Waals surface area (Å²) in [5, 5.41) is 3.00. The van der Waals surface area contributed by atoms with Gasteiger partial charge >= 0.3 is 0 Å². The maximum atomic E-state index is 13.3. The predicted molar refractivity (Wildman–Crippen MR) is 92.7 cm³/mol. The van der Waals surface area contributed by atoms with Crippen LogP contribution in [0.15, 0.2) is 0 Å². The van der Waals surface area contributed by atoms with Crippen LogP contribution >= 0.6 is 0 Å². The highest BCUT2D eigenvalue weighted by atomic mass is 19.3. The van der Waals surface area contributed by atoms with Crippen molar-refractivity contribution in [1.82, 2.24) is 10.2 Å². The number of carbonyl (C=O) groups excluding carboxylic acids is 2. The number of piperidine rings is 1.